The lowest BCUT2D eigenvalue weighted by atomic mass is 10.2. The molecule has 0 bridgehead atoms. The Bertz CT molecular complexity index is 131. The Balaban J connectivity index is 3.49. The molecule has 0 radical (unpaired) electrons. The second kappa shape index (κ2) is 8.42. The molecule has 13 heavy (non-hydrogen) atoms. The number of rotatable bonds is 7. The molecule has 0 heterocycles. The summed E-state index contributed by atoms with van der Waals surface area (Å²) in [6.07, 6.45) is 3.42. The molecule has 0 amide bonds. The van der Waals surface area contributed by atoms with E-state index in [0.717, 1.165) is 12.2 Å². The van der Waals surface area contributed by atoms with E-state index in [0.29, 0.717) is 11.9 Å². The van der Waals surface area contributed by atoms with E-state index < -0.39 is 0 Å². The van der Waals surface area contributed by atoms with Crippen LogP contribution in [0.2, 0.25) is 0 Å². The maximum absolute atomic E-state index is 10.5. The third-order valence-electron chi connectivity index (χ3n) is 1.76. The monoisotopic (exact) mass is 204 g/mol. The smallest absolute Gasteiger partial charge is 0.302 e. The Labute approximate surface area is 85.4 Å². The minimum Gasteiger partial charge on any atom is -0.466 e. The number of esters is 1. The zero-order valence-electron chi connectivity index (χ0n) is 8.84. The molecule has 0 fully saturated rings. The number of hydrogen-bond acceptors (Lipinski definition) is 3. The van der Waals surface area contributed by atoms with Crippen LogP contribution < -0.4 is 0 Å². The van der Waals surface area contributed by atoms with E-state index in [1.807, 2.05) is 11.8 Å². The molecule has 0 N–H and O–H groups in total. The van der Waals surface area contributed by atoms with E-state index in [9.17, 15) is 4.79 Å². The van der Waals surface area contributed by atoms with Gasteiger partial charge in [0.15, 0.2) is 0 Å². The summed E-state index contributed by atoms with van der Waals surface area (Å²) in [5, 5.41) is 0.661. The van der Waals surface area contributed by atoms with E-state index in [2.05, 4.69) is 13.8 Å². The van der Waals surface area contributed by atoms with Crippen LogP contribution in [-0.4, -0.2) is 23.6 Å². The lowest BCUT2D eigenvalue weighted by Crippen LogP contribution is -2.09. The van der Waals surface area contributed by atoms with Gasteiger partial charge in [0.1, 0.15) is 0 Å². The topological polar surface area (TPSA) is 26.3 Å². The van der Waals surface area contributed by atoms with E-state index >= 15 is 0 Å². The van der Waals surface area contributed by atoms with Crippen LogP contribution in [0.3, 0.4) is 0 Å². The first-order valence-electron chi connectivity index (χ1n) is 4.95. The van der Waals surface area contributed by atoms with Crippen LogP contribution in [0.25, 0.3) is 0 Å². The van der Waals surface area contributed by atoms with Gasteiger partial charge in [0.05, 0.1) is 6.61 Å². The normalized spacial score (nSPS) is 12.5. The molecule has 0 saturated heterocycles. The number of ether oxygens (including phenoxy) is 1. The lowest BCUT2D eigenvalue weighted by molar-refractivity contribution is -0.141. The SMILES string of the molecule is CCCC(CCOC(C)=O)SCC. The molecule has 0 aliphatic rings. The van der Waals surface area contributed by atoms with Gasteiger partial charge in [-0.3, -0.25) is 4.79 Å². The zero-order chi connectivity index (χ0) is 10.1. The van der Waals surface area contributed by atoms with Gasteiger partial charge in [-0.25, -0.2) is 0 Å². The molecule has 2 nitrogen and oxygen atoms in total. The van der Waals surface area contributed by atoms with Gasteiger partial charge in [0.2, 0.25) is 0 Å². The quantitative estimate of drug-likeness (QED) is 0.596. The molecule has 1 unspecified atom stereocenters. The highest BCUT2D eigenvalue weighted by Crippen LogP contribution is 2.19. The van der Waals surface area contributed by atoms with Crippen LogP contribution in [0.5, 0.6) is 0 Å². The maximum atomic E-state index is 10.5. The fourth-order valence-corrected chi connectivity index (χ4v) is 2.34. The highest BCUT2D eigenvalue weighted by molar-refractivity contribution is 7.99. The van der Waals surface area contributed by atoms with Gasteiger partial charge in [0, 0.05) is 12.2 Å². The first-order chi connectivity index (χ1) is 6.20. The van der Waals surface area contributed by atoms with Gasteiger partial charge in [-0.05, 0) is 18.6 Å². The zero-order valence-corrected chi connectivity index (χ0v) is 9.65. The van der Waals surface area contributed by atoms with Crippen molar-refractivity contribution in [1.82, 2.24) is 0 Å². The Morgan fingerprint density at radius 1 is 1.38 bits per heavy atom. The third-order valence-corrected chi connectivity index (χ3v) is 3.03. The van der Waals surface area contributed by atoms with Crippen molar-refractivity contribution in [1.29, 1.82) is 0 Å². The summed E-state index contributed by atoms with van der Waals surface area (Å²) in [6.45, 7) is 6.39. The van der Waals surface area contributed by atoms with Crippen molar-refractivity contribution in [3.63, 3.8) is 0 Å². The Morgan fingerprint density at radius 2 is 2.08 bits per heavy atom. The van der Waals surface area contributed by atoms with Crippen LogP contribution in [0.4, 0.5) is 0 Å². The summed E-state index contributed by atoms with van der Waals surface area (Å²) < 4.78 is 4.91. The van der Waals surface area contributed by atoms with Crippen LogP contribution in [0.15, 0.2) is 0 Å². The summed E-state index contributed by atoms with van der Waals surface area (Å²) in [4.78, 5) is 10.5. The highest BCUT2D eigenvalue weighted by atomic mass is 32.2. The number of carbonyl (C=O) groups excluding carboxylic acids is 1. The van der Waals surface area contributed by atoms with E-state index in [4.69, 9.17) is 4.74 Å². The average molecular weight is 204 g/mol. The lowest BCUT2D eigenvalue weighted by Gasteiger charge is -2.13. The van der Waals surface area contributed by atoms with Gasteiger partial charge in [-0.1, -0.05) is 20.3 Å². The van der Waals surface area contributed by atoms with Gasteiger partial charge in [-0.15, -0.1) is 0 Å². The van der Waals surface area contributed by atoms with Crippen molar-refractivity contribution < 1.29 is 9.53 Å². The molecule has 0 saturated carbocycles. The Kier molecular flexibility index (Phi) is 8.30. The van der Waals surface area contributed by atoms with E-state index in [1.54, 1.807) is 0 Å². The molecule has 3 heteroatoms. The molecule has 0 aromatic carbocycles. The van der Waals surface area contributed by atoms with Crippen LogP contribution in [-0.2, 0) is 9.53 Å². The number of carbonyl (C=O) groups is 1. The maximum Gasteiger partial charge on any atom is 0.302 e. The predicted molar refractivity (Wildman–Crippen MR) is 58.1 cm³/mol. The largest absolute Gasteiger partial charge is 0.466 e. The highest BCUT2D eigenvalue weighted by Gasteiger charge is 2.07. The summed E-state index contributed by atoms with van der Waals surface area (Å²) in [5.41, 5.74) is 0. The molecule has 78 valence electrons. The number of hydrogen-bond donors (Lipinski definition) is 0. The van der Waals surface area contributed by atoms with Crippen molar-refractivity contribution in [3.05, 3.63) is 0 Å². The minimum atomic E-state index is -0.170. The van der Waals surface area contributed by atoms with Crippen molar-refractivity contribution in [2.24, 2.45) is 0 Å². The Hall–Kier alpha value is -0.180. The first-order valence-corrected chi connectivity index (χ1v) is 6.00. The summed E-state index contributed by atoms with van der Waals surface area (Å²) >= 11 is 1.96. The van der Waals surface area contributed by atoms with Gasteiger partial charge >= 0.3 is 5.97 Å². The van der Waals surface area contributed by atoms with Gasteiger partial charge < -0.3 is 4.74 Å². The van der Waals surface area contributed by atoms with Gasteiger partial charge in [0.25, 0.3) is 0 Å². The van der Waals surface area contributed by atoms with Crippen LogP contribution >= 0.6 is 11.8 Å². The number of thioether (sulfide) groups is 1. The minimum absolute atomic E-state index is 0.170. The first kappa shape index (κ1) is 12.8. The molecular formula is C10H20O2S. The van der Waals surface area contributed by atoms with E-state index in [1.165, 1.54) is 19.8 Å². The van der Waals surface area contributed by atoms with Crippen molar-refractivity contribution >= 4 is 17.7 Å². The molecule has 0 aromatic heterocycles. The van der Waals surface area contributed by atoms with Crippen molar-refractivity contribution in [2.75, 3.05) is 12.4 Å². The van der Waals surface area contributed by atoms with Crippen LogP contribution in [0, 0.1) is 0 Å². The summed E-state index contributed by atoms with van der Waals surface area (Å²) in [5.74, 6) is 0.974. The standard InChI is InChI=1S/C10H20O2S/c1-4-6-10(13-5-2)7-8-12-9(3)11/h10H,4-8H2,1-3H3. The molecule has 1 atom stereocenters. The second-order valence-corrected chi connectivity index (χ2v) is 4.57. The molecule has 0 rings (SSSR count). The molecule has 0 spiro atoms. The molecule has 0 aromatic rings. The summed E-state index contributed by atoms with van der Waals surface area (Å²) in [7, 11) is 0. The molecule has 0 aliphatic carbocycles. The van der Waals surface area contributed by atoms with E-state index in [-0.39, 0.29) is 5.97 Å². The molecular weight excluding hydrogens is 184 g/mol. The third kappa shape index (κ3) is 8.16. The fraction of sp³-hybridized carbons (Fsp3) is 0.900. The van der Waals surface area contributed by atoms with Crippen molar-refractivity contribution in [3.8, 4) is 0 Å². The Morgan fingerprint density at radius 3 is 2.54 bits per heavy atom. The summed E-state index contributed by atoms with van der Waals surface area (Å²) in [6, 6.07) is 0. The average Bonchev–Trinajstić information content (AvgIpc) is 2.04. The molecule has 0 aliphatic heterocycles. The second-order valence-electron chi connectivity index (χ2n) is 2.99. The van der Waals surface area contributed by atoms with Crippen molar-refractivity contribution in [2.45, 2.75) is 45.3 Å². The van der Waals surface area contributed by atoms with Gasteiger partial charge in [-0.2, -0.15) is 11.8 Å². The van der Waals surface area contributed by atoms with Crippen LogP contribution in [0.1, 0.15) is 40.0 Å². The predicted octanol–water partition coefficient (Wildman–Crippen LogP) is 2.86. The fourth-order valence-electron chi connectivity index (χ4n) is 1.20.